The Hall–Kier alpha value is -0.580. The number of halogens is 1. The Kier molecular flexibility index (Phi) is 5.68. The highest BCUT2D eigenvalue weighted by atomic mass is 127. The maximum absolute atomic E-state index is 11.6. The fourth-order valence-corrected chi connectivity index (χ4v) is 1.83. The van der Waals surface area contributed by atoms with Crippen molar-refractivity contribution in [1.82, 2.24) is 0 Å². The van der Waals surface area contributed by atoms with Gasteiger partial charge in [0.25, 0.3) is 0 Å². The second-order valence-corrected chi connectivity index (χ2v) is 4.49. The minimum absolute atomic E-state index is 0.212. The van der Waals surface area contributed by atoms with Crippen molar-refractivity contribution in [1.29, 1.82) is 0 Å². The van der Waals surface area contributed by atoms with Gasteiger partial charge in [0.2, 0.25) is 0 Å². The Bertz CT molecular complexity index is 323. The SMILES string of the molecule is CCCCCOC(=O)c1ccccc1I. The number of hydrogen-bond acceptors (Lipinski definition) is 2. The van der Waals surface area contributed by atoms with Crippen LogP contribution in [-0.2, 0) is 4.74 Å². The Morgan fingerprint density at radius 2 is 2.07 bits per heavy atom. The van der Waals surface area contributed by atoms with Gasteiger partial charge in [-0.2, -0.15) is 0 Å². The number of esters is 1. The molecule has 3 heteroatoms. The van der Waals surface area contributed by atoms with Crippen LogP contribution in [0.25, 0.3) is 0 Å². The lowest BCUT2D eigenvalue weighted by molar-refractivity contribution is 0.0497. The van der Waals surface area contributed by atoms with E-state index in [1.54, 1.807) is 6.07 Å². The quantitative estimate of drug-likeness (QED) is 0.471. The van der Waals surface area contributed by atoms with E-state index < -0.39 is 0 Å². The van der Waals surface area contributed by atoms with Crippen LogP contribution in [0, 0.1) is 3.57 Å². The molecule has 1 aromatic rings. The van der Waals surface area contributed by atoms with Gasteiger partial charge in [-0.05, 0) is 41.1 Å². The van der Waals surface area contributed by atoms with E-state index in [4.69, 9.17) is 4.74 Å². The van der Waals surface area contributed by atoms with Gasteiger partial charge in [0.1, 0.15) is 0 Å². The predicted molar refractivity (Wildman–Crippen MR) is 69.0 cm³/mol. The van der Waals surface area contributed by atoms with Crippen molar-refractivity contribution in [3.63, 3.8) is 0 Å². The van der Waals surface area contributed by atoms with E-state index in [2.05, 4.69) is 29.5 Å². The highest BCUT2D eigenvalue weighted by Crippen LogP contribution is 2.12. The highest BCUT2D eigenvalue weighted by molar-refractivity contribution is 14.1. The average molecular weight is 318 g/mol. The molecule has 0 amide bonds. The Morgan fingerprint density at radius 1 is 1.33 bits per heavy atom. The van der Waals surface area contributed by atoms with Crippen molar-refractivity contribution in [2.45, 2.75) is 26.2 Å². The molecule has 82 valence electrons. The van der Waals surface area contributed by atoms with E-state index >= 15 is 0 Å². The van der Waals surface area contributed by atoms with Crippen LogP contribution in [0.3, 0.4) is 0 Å². The molecule has 0 bridgehead atoms. The first-order valence-electron chi connectivity index (χ1n) is 5.17. The molecule has 0 aliphatic heterocycles. The second kappa shape index (κ2) is 6.82. The largest absolute Gasteiger partial charge is 0.462 e. The molecule has 0 heterocycles. The van der Waals surface area contributed by atoms with E-state index in [-0.39, 0.29) is 5.97 Å². The first-order chi connectivity index (χ1) is 7.25. The van der Waals surface area contributed by atoms with Crippen LogP contribution in [0.1, 0.15) is 36.5 Å². The number of rotatable bonds is 5. The molecule has 0 saturated heterocycles. The molecule has 1 aromatic carbocycles. The minimum atomic E-state index is -0.212. The normalized spacial score (nSPS) is 10.0. The molecule has 0 saturated carbocycles. The number of unbranched alkanes of at least 4 members (excludes halogenated alkanes) is 2. The Labute approximate surface area is 104 Å². The summed E-state index contributed by atoms with van der Waals surface area (Å²) in [7, 11) is 0. The Morgan fingerprint density at radius 3 is 2.73 bits per heavy atom. The maximum atomic E-state index is 11.6. The van der Waals surface area contributed by atoms with Crippen LogP contribution < -0.4 is 0 Å². The molecule has 0 aliphatic carbocycles. The van der Waals surface area contributed by atoms with Crippen LogP contribution in [0.4, 0.5) is 0 Å². The first kappa shape index (κ1) is 12.5. The predicted octanol–water partition coefficient (Wildman–Crippen LogP) is 3.64. The van der Waals surface area contributed by atoms with E-state index in [1.807, 2.05) is 18.2 Å². The van der Waals surface area contributed by atoms with E-state index in [9.17, 15) is 4.79 Å². The number of carbonyl (C=O) groups is 1. The van der Waals surface area contributed by atoms with Gasteiger partial charge < -0.3 is 4.74 Å². The van der Waals surface area contributed by atoms with Gasteiger partial charge in [-0.1, -0.05) is 31.9 Å². The van der Waals surface area contributed by atoms with Crippen molar-refractivity contribution in [2.24, 2.45) is 0 Å². The summed E-state index contributed by atoms with van der Waals surface area (Å²) in [6, 6.07) is 7.47. The minimum Gasteiger partial charge on any atom is -0.462 e. The molecule has 0 spiro atoms. The molecule has 0 radical (unpaired) electrons. The van der Waals surface area contributed by atoms with E-state index in [0.29, 0.717) is 12.2 Å². The maximum Gasteiger partial charge on any atom is 0.339 e. The molecule has 0 unspecified atom stereocenters. The van der Waals surface area contributed by atoms with Crippen molar-refractivity contribution in [2.75, 3.05) is 6.61 Å². The summed E-state index contributed by atoms with van der Waals surface area (Å²) in [4.78, 5) is 11.6. The summed E-state index contributed by atoms with van der Waals surface area (Å²) in [6.07, 6.45) is 3.20. The second-order valence-electron chi connectivity index (χ2n) is 3.32. The monoisotopic (exact) mass is 318 g/mol. The van der Waals surface area contributed by atoms with Crippen molar-refractivity contribution in [3.8, 4) is 0 Å². The Balaban J connectivity index is 2.44. The summed E-state index contributed by atoms with van der Waals surface area (Å²) >= 11 is 2.14. The topological polar surface area (TPSA) is 26.3 Å². The standard InChI is InChI=1S/C12H15IO2/c1-2-3-6-9-15-12(14)10-7-4-5-8-11(10)13/h4-5,7-8H,2-3,6,9H2,1H3. The molecule has 2 nitrogen and oxygen atoms in total. The molecule has 0 fully saturated rings. The summed E-state index contributed by atoms with van der Waals surface area (Å²) in [5, 5.41) is 0. The van der Waals surface area contributed by atoms with Crippen LogP contribution in [-0.4, -0.2) is 12.6 Å². The molecule has 1 rings (SSSR count). The van der Waals surface area contributed by atoms with Gasteiger partial charge in [-0.25, -0.2) is 4.79 Å². The molecule has 0 aliphatic rings. The zero-order chi connectivity index (χ0) is 11.1. The smallest absolute Gasteiger partial charge is 0.339 e. The van der Waals surface area contributed by atoms with Gasteiger partial charge in [0.15, 0.2) is 0 Å². The van der Waals surface area contributed by atoms with Crippen LogP contribution >= 0.6 is 22.6 Å². The number of carbonyl (C=O) groups excluding carboxylic acids is 1. The lowest BCUT2D eigenvalue weighted by Gasteiger charge is -2.05. The van der Waals surface area contributed by atoms with Crippen LogP contribution in [0.15, 0.2) is 24.3 Å². The highest BCUT2D eigenvalue weighted by Gasteiger charge is 2.09. The summed E-state index contributed by atoms with van der Waals surface area (Å²) in [5.74, 6) is -0.212. The van der Waals surface area contributed by atoms with Gasteiger partial charge >= 0.3 is 5.97 Å². The zero-order valence-corrected chi connectivity index (χ0v) is 11.0. The van der Waals surface area contributed by atoms with Gasteiger partial charge in [0, 0.05) is 3.57 Å². The summed E-state index contributed by atoms with van der Waals surface area (Å²) in [6.45, 7) is 2.65. The third kappa shape index (κ3) is 4.20. The number of benzene rings is 1. The van der Waals surface area contributed by atoms with E-state index in [1.165, 1.54) is 0 Å². The van der Waals surface area contributed by atoms with E-state index in [0.717, 1.165) is 22.8 Å². The van der Waals surface area contributed by atoms with Gasteiger partial charge in [-0.3, -0.25) is 0 Å². The van der Waals surface area contributed by atoms with Crippen molar-refractivity contribution < 1.29 is 9.53 Å². The third-order valence-electron chi connectivity index (χ3n) is 2.07. The van der Waals surface area contributed by atoms with Crippen LogP contribution in [0.2, 0.25) is 0 Å². The average Bonchev–Trinajstić information content (AvgIpc) is 2.25. The number of hydrogen-bond donors (Lipinski definition) is 0. The van der Waals surface area contributed by atoms with Crippen molar-refractivity contribution >= 4 is 28.6 Å². The first-order valence-corrected chi connectivity index (χ1v) is 6.25. The molecular weight excluding hydrogens is 303 g/mol. The van der Waals surface area contributed by atoms with Crippen LogP contribution in [0.5, 0.6) is 0 Å². The lowest BCUT2D eigenvalue weighted by atomic mass is 10.2. The fraction of sp³-hybridized carbons (Fsp3) is 0.417. The lowest BCUT2D eigenvalue weighted by Crippen LogP contribution is -2.07. The number of ether oxygens (including phenoxy) is 1. The molecule has 0 N–H and O–H groups in total. The fourth-order valence-electron chi connectivity index (χ4n) is 1.22. The zero-order valence-electron chi connectivity index (χ0n) is 8.83. The molecule has 0 atom stereocenters. The van der Waals surface area contributed by atoms with Gasteiger partial charge in [-0.15, -0.1) is 0 Å². The molecule has 15 heavy (non-hydrogen) atoms. The molecule has 0 aromatic heterocycles. The van der Waals surface area contributed by atoms with Gasteiger partial charge in [0.05, 0.1) is 12.2 Å². The summed E-state index contributed by atoms with van der Waals surface area (Å²) in [5.41, 5.74) is 0.662. The van der Waals surface area contributed by atoms with Crippen molar-refractivity contribution in [3.05, 3.63) is 33.4 Å². The third-order valence-corrected chi connectivity index (χ3v) is 3.02. The summed E-state index contributed by atoms with van der Waals surface area (Å²) < 4.78 is 6.11. The molecular formula is C12H15IO2.